The molecule has 1 aliphatic heterocycles. The fraction of sp³-hybridized carbons (Fsp3) is 0.545. The summed E-state index contributed by atoms with van der Waals surface area (Å²) >= 11 is 0. The van der Waals surface area contributed by atoms with E-state index < -0.39 is 0 Å². The Balaban J connectivity index is 1.82. The third-order valence-corrected chi connectivity index (χ3v) is 2.50. The third kappa shape index (κ3) is 2.45. The number of nitrogens with zero attached hydrogens (tertiary/aromatic N) is 1. The summed E-state index contributed by atoms with van der Waals surface area (Å²) in [6.07, 6.45) is 4.27. The first-order valence-corrected chi connectivity index (χ1v) is 5.13. The maximum absolute atomic E-state index is 5.62. The van der Waals surface area contributed by atoms with Gasteiger partial charge in [-0.3, -0.25) is 4.98 Å². The number of nitrogens with one attached hydrogen (secondary N) is 1. The second-order valence-electron chi connectivity index (χ2n) is 3.74. The number of aryl methyl sites for hydroxylation is 1. The van der Waals surface area contributed by atoms with Crippen molar-refractivity contribution in [1.29, 1.82) is 0 Å². The summed E-state index contributed by atoms with van der Waals surface area (Å²) in [5.74, 6) is 0.865. The number of ether oxygens (including phenoxy) is 1. The molecular formula is C11H16N2O. The average molecular weight is 192 g/mol. The molecule has 0 saturated carbocycles. The molecule has 0 aliphatic carbocycles. The molecule has 1 aliphatic rings. The Bertz CT molecular complexity index is 278. The molecule has 1 saturated heterocycles. The molecule has 1 fully saturated rings. The lowest BCUT2D eigenvalue weighted by atomic mass is 10.2. The van der Waals surface area contributed by atoms with E-state index >= 15 is 0 Å². The molecule has 0 radical (unpaired) electrons. The highest BCUT2D eigenvalue weighted by Gasteiger charge is 2.14. The molecule has 2 rings (SSSR count). The highest BCUT2D eigenvalue weighted by atomic mass is 16.5. The Labute approximate surface area is 84.5 Å². The van der Waals surface area contributed by atoms with Crippen molar-refractivity contribution in [1.82, 2.24) is 10.3 Å². The van der Waals surface area contributed by atoms with Gasteiger partial charge in [0.1, 0.15) is 12.4 Å². The van der Waals surface area contributed by atoms with Gasteiger partial charge in [0.2, 0.25) is 0 Å². The van der Waals surface area contributed by atoms with Crippen LogP contribution in [0.25, 0.3) is 0 Å². The number of pyridine rings is 1. The molecule has 1 unspecified atom stereocenters. The fourth-order valence-corrected chi connectivity index (χ4v) is 1.64. The zero-order valence-electron chi connectivity index (χ0n) is 8.49. The lowest BCUT2D eigenvalue weighted by Gasteiger charge is -2.11. The molecule has 1 aromatic rings. The molecule has 3 nitrogen and oxygen atoms in total. The summed E-state index contributed by atoms with van der Waals surface area (Å²) in [6, 6.07) is 4.46. The van der Waals surface area contributed by atoms with Gasteiger partial charge in [-0.15, -0.1) is 0 Å². The average Bonchev–Trinajstić information content (AvgIpc) is 2.70. The monoisotopic (exact) mass is 192 g/mol. The van der Waals surface area contributed by atoms with Crippen molar-refractivity contribution in [3.05, 3.63) is 24.0 Å². The highest BCUT2D eigenvalue weighted by Crippen LogP contribution is 2.11. The summed E-state index contributed by atoms with van der Waals surface area (Å²) in [7, 11) is 0. The van der Waals surface area contributed by atoms with Gasteiger partial charge in [0.15, 0.2) is 0 Å². The van der Waals surface area contributed by atoms with E-state index in [0.29, 0.717) is 6.04 Å². The van der Waals surface area contributed by atoms with Gasteiger partial charge >= 0.3 is 0 Å². The van der Waals surface area contributed by atoms with E-state index in [-0.39, 0.29) is 0 Å². The topological polar surface area (TPSA) is 34.1 Å². The Morgan fingerprint density at radius 2 is 2.50 bits per heavy atom. The number of hydrogen-bond acceptors (Lipinski definition) is 3. The minimum atomic E-state index is 0.524. The summed E-state index contributed by atoms with van der Waals surface area (Å²) < 4.78 is 5.62. The molecule has 0 bridgehead atoms. The lowest BCUT2D eigenvalue weighted by Crippen LogP contribution is -2.28. The number of hydrogen-bond donors (Lipinski definition) is 1. The van der Waals surface area contributed by atoms with Crippen LogP contribution in [-0.2, 0) is 0 Å². The lowest BCUT2D eigenvalue weighted by molar-refractivity contribution is 0.276. The van der Waals surface area contributed by atoms with E-state index in [4.69, 9.17) is 4.74 Å². The molecular weight excluding hydrogens is 176 g/mol. The van der Waals surface area contributed by atoms with E-state index in [1.165, 1.54) is 12.8 Å². The molecule has 0 spiro atoms. The maximum Gasteiger partial charge on any atom is 0.137 e. The van der Waals surface area contributed by atoms with Crippen molar-refractivity contribution >= 4 is 0 Å². The zero-order valence-corrected chi connectivity index (χ0v) is 8.49. The van der Waals surface area contributed by atoms with Gasteiger partial charge in [-0.2, -0.15) is 0 Å². The van der Waals surface area contributed by atoms with E-state index in [1.807, 2.05) is 19.1 Å². The molecule has 0 aromatic carbocycles. The van der Waals surface area contributed by atoms with Crippen LogP contribution in [0.3, 0.4) is 0 Å². The van der Waals surface area contributed by atoms with Gasteiger partial charge in [-0.25, -0.2) is 0 Å². The largest absolute Gasteiger partial charge is 0.490 e. The van der Waals surface area contributed by atoms with E-state index in [2.05, 4.69) is 10.3 Å². The van der Waals surface area contributed by atoms with Crippen molar-refractivity contribution in [2.45, 2.75) is 25.8 Å². The van der Waals surface area contributed by atoms with Crippen LogP contribution in [0.15, 0.2) is 18.3 Å². The van der Waals surface area contributed by atoms with Crippen molar-refractivity contribution < 1.29 is 4.74 Å². The normalized spacial score (nSPS) is 21.1. The van der Waals surface area contributed by atoms with Gasteiger partial charge in [-0.1, -0.05) is 0 Å². The molecule has 2 heterocycles. The maximum atomic E-state index is 5.62. The van der Waals surface area contributed by atoms with Gasteiger partial charge in [0, 0.05) is 11.7 Å². The summed E-state index contributed by atoms with van der Waals surface area (Å²) in [5, 5.41) is 3.39. The van der Waals surface area contributed by atoms with Crippen LogP contribution in [0.4, 0.5) is 0 Å². The summed E-state index contributed by atoms with van der Waals surface area (Å²) in [6.45, 7) is 3.85. The first-order valence-electron chi connectivity index (χ1n) is 5.13. The third-order valence-electron chi connectivity index (χ3n) is 2.50. The van der Waals surface area contributed by atoms with Gasteiger partial charge in [0.05, 0.1) is 6.20 Å². The Hall–Kier alpha value is -1.09. The number of aromatic nitrogens is 1. The predicted octanol–water partition coefficient (Wildman–Crippen LogP) is 1.52. The van der Waals surface area contributed by atoms with Crippen molar-refractivity contribution in [2.75, 3.05) is 13.2 Å². The molecule has 1 atom stereocenters. The fourth-order valence-electron chi connectivity index (χ4n) is 1.64. The minimum absolute atomic E-state index is 0.524. The molecule has 0 amide bonds. The summed E-state index contributed by atoms with van der Waals surface area (Å²) in [5.41, 5.74) is 1.02. The molecule has 1 N–H and O–H groups in total. The highest BCUT2D eigenvalue weighted by molar-refractivity contribution is 5.19. The van der Waals surface area contributed by atoms with Crippen LogP contribution in [0.2, 0.25) is 0 Å². The second-order valence-corrected chi connectivity index (χ2v) is 3.74. The van der Waals surface area contributed by atoms with Gasteiger partial charge < -0.3 is 10.1 Å². The summed E-state index contributed by atoms with van der Waals surface area (Å²) in [4.78, 5) is 4.18. The predicted molar refractivity (Wildman–Crippen MR) is 55.5 cm³/mol. The SMILES string of the molecule is Cc1ccc(OCC2CCCN2)cn1. The standard InChI is InChI=1S/C11H16N2O/c1-9-4-5-11(7-13-9)14-8-10-3-2-6-12-10/h4-5,7,10,12H,2-3,6,8H2,1H3. The Morgan fingerprint density at radius 3 is 3.14 bits per heavy atom. The number of rotatable bonds is 3. The van der Waals surface area contributed by atoms with E-state index in [9.17, 15) is 0 Å². The zero-order chi connectivity index (χ0) is 9.80. The van der Waals surface area contributed by atoms with Crippen LogP contribution >= 0.6 is 0 Å². The van der Waals surface area contributed by atoms with Crippen LogP contribution in [-0.4, -0.2) is 24.2 Å². The minimum Gasteiger partial charge on any atom is -0.490 e. The first kappa shape index (κ1) is 9.46. The first-order chi connectivity index (χ1) is 6.84. The van der Waals surface area contributed by atoms with Crippen LogP contribution in [0.5, 0.6) is 5.75 Å². The quantitative estimate of drug-likeness (QED) is 0.788. The van der Waals surface area contributed by atoms with Crippen molar-refractivity contribution in [2.24, 2.45) is 0 Å². The molecule has 76 valence electrons. The molecule has 14 heavy (non-hydrogen) atoms. The van der Waals surface area contributed by atoms with Gasteiger partial charge in [-0.05, 0) is 38.4 Å². The Kier molecular flexibility index (Phi) is 2.99. The molecule has 3 heteroatoms. The van der Waals surface area contributed by atoms with E-state index in [0.717, 1.165) is 24.6 Å². The van der Waals surface area contributed by atoms with Crippen LogP contribution in [0, 0.1) is 6.92 Å². The smallest absolute Gasteiger partial charge is 0.137 e. The Morgan fingerprint density at radius 1 is 1.57 bits per heavy atom. The van der Waals surface area contributed by atoms with E-state index in [1.54, 1.807) is 6.20 Å². The van der Waals surface area contributed by atoms with Crippen LogP contribution < -0.4 is 10.1 Å². The van der Waals surface area contributed by atoms with Crippen molar-refractivity contribution in [3.8, 4) is 5.75 Å². The van der Waals surface area contributed by atoms with Crippen LogP contribution in [0.1, 0.15) is 18.5 Å². The van der Waals surface area contributed by atoms with Crippen molar-refractivity contribution in [3.63, 3.8) is 0 Å². The molecule has 1 aromatic heterocycles. The second kappa shape index (κ2) is 4.42. The van der Waals surface area contributed by atoms with Gasteiger partial charge in [0.25, 0.3) is 0 Å².